The molecule has 0 saturated heterocycles. The van der Waals surface area contributed by atoms with Crippen molar-refractivity contribution in [2.24, 2.45) is 0 Å². The maximum absolute atomic E-state index is 6.29. The van der Waals surface area contributed by atoms with Gasteiger partial charge in [-0.05, 0) is 115 Å². The van der Waals surface area contributed by atoms with Crippen LogP contribution in [0.3, 0.4) is 0 Å². The van der Waals surface area contributed by atoms with Crippen LogP contribution in [0.4, 0.5) is 17.1 Å². The van der Waals surface area contributed by atoms with E-state index < -0.39 is 0 Å². The second-order valence-electron chi connectivity index (χ2n) is 14.9. The average molecular weight is 740 g/mol. The first-order valence-corrected chi connectivity index (χ1v) is 19.8. The van der Waals surface area contributed by atoms with Crippen LogP contribution in [0, 0.1) is 0 Å². The quantitative estimate of drug-likeness (QED) is 0.151. The van der Waals surface area contributed by atoms with E-state index in [1.54, 1.807) is 0 Å². The Morgan fingerprint density at radius 2 is 0.845 bits per heavy atom. The van der Waals surface area contributed by atoms with Gasteiger partial charge in [0.1, 0.15) is 11.3 Å². The third-order valence-corrected chi connectivity index (χ3v) is 11.5. The zero-order valence-corrected chi connectivity index (χ0v) is 31.7. The molecule has 0 spiro atoms. The summed E-state index contributed by atoms with van der Waals surface area (Å²) in [4.78, 5) is 2.40. The Hall–Kier alpha value is -7.68. The van der Waals surface area contributed by atoms with Gasteiger partial charge in [-0.2, -0.15) is 0 Å². The lowest BCUT2D eigenvalue weighted by Crippen LogP contribution is -2.10. The number of hydrogen-bond donors (Lipinski definition) is 0. The van der Waals surface area contributed by atoms with Gasteiger partial charge in [0.05, 0.1) is 5.69 Å². The third kappa shape index (κ3) is 5.91. The van der Waals surface area contributed by atoms with E-state index in [0.29, 0.717) is 0 Å². The number of benzene rings is 10. The second kappa shape index (κ2) is 14.1. The predicted molar refractivity (Wildman–Crippen MR) is 245 cm³/mol. The number of anilines is 3. The summed E-state index contributed by atoms with van der Waals surface area (Å²) in [5, 5.41) is 8.52. The van der Waals surface area contributed by atoms with Crippen molar-refractivity contribution in [1.29, 1.82) is 0 Å². The van der Waals surface area contributed by atoms with E-state index in [4.69, 9.17) is 4.42 Å². The zero-order valence-electron chi connectivity index (χ0n) is 31.7. The minimum atomic E-state index is 0.870. The van der Waals surface area contributed by atoms with Gasteiger partial charge >= 0.3 is 0 Å². The fourth-order valence-electron chi connectivity index (χ4n) is 8.64. The van der Waals surface area contributed by atoms with E-state index in [1.807, 2.05) is 18.2 Å². The third-order valence-electron chi connectivity index (χ3n) is 11.5. The van der Waals surface area contributed by atoms with Gasteiger partial charge in [-0.25, -0.2) is 0 Å². The molecule has 1 heterocycles. The van der Waals surface area contributed by atoms with Crippen LogP contribution in [-0.2, 0) is 0 Å². The van der Waals surface area contributed by atoms with Gasteiger partial charge < -0.3 is 9.32 Å². The topological polar surface area (TPSA) is 16.4 Å². The van der Waals surface area contributed by atoms with Crippen LogP contribution >= 0.6 is 0 Å². The number of para-hydroxylation sites is 1. The van der Waals surface area contributed by atoms with Gasteiger partial charge in [0.15, 0.2) is 0 Å². The molecule has 272 valence electrons. The maximum Gasteiger partial charge on any atom is 0.135 e. The molecule has 0 aliphatic carbocycles. The Morgan fingerprint density at radius 3 is 1.59 bits per heavy atom. The molecular weight excluding hydrogens is 703 g/mol. The molecule has 11 aromatic rings. The first kappa shape index (κ1) is 33.6. The lowest BCUT2D eigenvalue weighted by atomic mass is 9.93. The van der Waals surface area contributed by atoms with E-state index in [-0.39, 0.29) is 0 Å². The molecule has 58 heavy (non-hydrogen) atoms. The van der Waals surface area contributed by atoms with Crippen LogP contribution in [0.2, 0.25) is 0 Å². The number of fused-ring (bicyclic) bond motifs is 5. The van der Waals surface area contributed by atoms with Gasteiger partial charge in [-0.3, -0.25) is 0 Å². The molecule has 0 saturated carbocycles. The van der Waals surface area contributed by atoms with Gasteiger partial charge in [-0.1, -0.05) is 170 Å². The van der Waals surface area contributed by atoms with Crippen molar-refractivity contribution in [1.82, 2.24) is 0 Å². The van der Waals surface area contributed by atoms with Crippen molar-refractivity contribution in [3.8, 4) is 44.7 Å². The van der Waals surface area contributed by atoms with Crippen molar-refractivity contribution in [3.05, 3.63) is 224 Å². The Labute approximate surface area is 337 Å². The summed E-state index contributed by atoms with van der Waals surface area (Å²) in [6.45, 7) is 0. The molecule has 0 amide bonds. The van der Waals surface area contributed by atoms with Crippen LogP contribution in [0.25, 0.3) is 88.0 Å². The van der Waals surface area contributed by atoms with Crippen molar-refractivity contribution in [2.75, 3.05) is 4.90 Å². The predicted octanol–water partition coefficient (Wildman–Crippen LogP) is 16.0. The highest BCUT2D eigenvalue weighted by molar-refractivity contribution is 6.14. The lowest BCUT2D eigenvalue weighted by molar-refractivity contribution is 0.631. The standard InChI is InChI=1S/C56H37NO/c1-2-13-38(14-3-1)39-25-29-45(30-26-39)57(46-31-27-40(28-32-46)53-36-42-15-4-6-19-47(42)49-20-7-8-22-51(49)53)54-34-33-48(50-21-9-10-23-52(50)54)41-17-12-18-43(35-41)56-37-44-16-5-11-24-55(44)58-56/h1-37H. The number of hydrogen-bond acceptors (Lipinski definition) is 2. The molecule has 1 aromatic heterocycles. The van der Waals surface area contributed by atoms with Crippen LogP contribution in [0.5, 0.6) is 0 Å². The van der Waals surface area contributed by atoms with E-state index >= 15 is 0 Å². The fraction of sp³-hybridized carbons (Fsp3) is 0. The summed E-state index contributed by atoms with van der Waals surface area (Å²) in [6.07, 6.45) is 0. The van der Waals surface area contributed by atoms with Gasteiger partial charge in [-0.15, -0.1) is 0 Å². The van der Waals surface area contributed by atoms with Crippen LogP contribution in [-0.4, -0.2) is 0 Å². The molecular formula is C56H37NO. The number of rotatable bonds is 7. The van der Waals surface area contributed by atoms with Crippen molar-refractivity contribution in [3.63, 3.8) is 0 Å². The summed E-state index contributed by atoms with van der Waals surface area (Å²) in [5.74, 6) is 0.870. The first-order chi connectivity index (χ1) is 28.7. The average Bonchev–Trinajstić information content (AvgIpc) is 3.75. The monoisotopic (exact) mass is 739 g/mol. The molecule has 0 N–H and O–H groups in total. The summed E-state index contributed by atoms with van der Waals surface area (Å²) in [6, 6.07) is 80.7. The molecule has 0 aliphatic heterocycles. The first-order valence-electron chi connectivity index (χ1n) is 19.8. The molecule has 10 aromatic carbocycles. The van der Waals surface area contributed by atoms with E-state index in [9.17, 15) is 0 Å². The molecule has 2 nitrogen and oxygen atoms in total. The minimum absolute atomic E-state index is 0.870. The van der Waals surface area contributed by atoms with Crippen LogP contribution in [0.1, 0.15) is 0 Å². The molecule has 0 unspecified atom stereocenters. The Kier molecular flexibility index (Phi) is 8.19. The fourth-order valence-corrected chi connectivity index (χ4v) is 8.64. The molecule has 2 heteroatoms. The van der Waals surface area contributed by atoms with E-state index in [2.05, 4.69) is 211 Å². The highest BCUT2D eigenvalue weighted by Crippen LogP contribution is 2.44. The van der Waals surface area contributed by atoms with Crippen molar-refractivity contribution < 1.29 is 4.42 Å². The summed E-state index contributed by atoms with van der Waals surface area (Å²) >= 11 is 0. The number of nitrogens with zero attached hydrogens (tertiary/aromatic N) is 1. The zero-order chi connectivity index (χ0) is 38.4. The Bertz CT molecular complexity index is 3240. The highest BCUT2D eigenvalue weighted by atomic mass is 16.3. The van der Waals surface area contributed by atoms with Crippen molar-refractivity contribution >= 4 is 60.3 Å². The Morgan fingerprint density at radius 1 is 0.293 bits per heavy atom. The molecule has 0 atom stereocenters. The molecule has 0 radical (unpaired) electrons. The lowest BCUT2D eigenvalue weighted by Gasteiger charge is -2.28. The highest BCUT2D eigenvalue weighted by Gasteiger charge is 2.19. The largest absolute Gasteiger partial charge is 0.456 e. The van der Waals surface area contributed by atoms with Gasteiger partial charge in [0.2, 0.25) is 0 Å². The van der Waals surface area contributed by atoms with E-state index in [1.165, 1.54) is 60.1 Å². The molecule has 0 fully saturated rings. The maximum atomic E-state index is 6.29. The summed E-state index contributed by atoms with van der Waals surface area (Å²) in [7, 11) is 0. The Balaban J connectivity index is 1.04. The SMILES string of the molecule is c1ccc(-c2ccc(N(c3ccc(-c4cc5ccccc5c5ccccc45)cc3)c3ccc(-c4cccc(-c5cc6ccccc6o5)c4)c4ccccc34)cc2)cc1. The van der Waals surface area contributed by atoms with Crippen LogP contribution in [0.15, 0.2) is 229 Å². The molecule has 0 aliphatic rings. The van der Waals surface area contributed by atoms with Crippen LogP contribution < -0.4 is 4.90 Å². The smallest absolute Gasteiger partial charge is 0.135 e. The molecule has 0 bridgehead atoms. The molecule has 11 rings (SSSR count). The van der Waals surface area contributed by atoms with Gasteiger partial charge in [0, 0.05) is 27.7 Å². The van der Waals surface area contributed by atoms with E-state index in [0.717, 1.165) is 44.9 Å². The summed E-state index contributed by atoms with van der Waals surface area (Å²) < 4.78 is 6.29. The second-order valence-corrected chi connectivity index (χ2v) is 14.9. The van der Waals surface area contributed by atoms with Gasteiger partial charge in [0.25, 0.3) is 0 Å². The summed E-state index contributed by atoms with van der Waals surface area (Å²) in [5.41, 5.74) is 12.4. The van der Waals surface area contributed by atoms with Crippen molar-refractivity contribution in [2.45, 2.75) is 0 Å². The number of furan rings is 1. The minimum Gasteiger partial charge on any atom is -0.456 e. The normalized spacial score (nSPS) is 11.4.